The first-order valence-electron chi connectivity index (χ1n) is 9.83. The van der Waals surface area contributed by atoms with Gasteiger partial charge in [-0.05, 0) is 40.5 Å². The monoisotopic (exact) mass is 348 g/mol. The molecule has 0 aromatic heterocycles. The molecule has 0 fully saturated rings. The molecule has 0 saturated carbocycles. The largest absolute Gasteiger partial charge is 0.328 e. The second kappa shape index (κ2) is 7.57. The van der Waals surface area contributed by atoms with Crippen LogP contribution in [0.5, 0.6) is 0 Å². The zero-order valence-corrected chi connectivity index (χ0v) is 17.0. The molecule has 1 heterocycles. The first-order valence-corrected chi connectivity index (χ1v) is 9.83. The molecule has 1 aliphatic heterocycles. The van der Waals surface area contributed by atoms with Crippen LogP contribution < -0.4 is 9.80 Å². The van der Waals surface area contributed by atoms with Crippen molar-refractivity contribution in [2.24, 2.45) is 0 Å². The van der Waals surface area contributed by atoms with Crippen LogP contribution >= 0.6 is 0 Å². The highest BCUT2D eigenvalue weighted by molar-refractivity contribution is 5.68. The van der Waals surface area contributed by atoms with Crippen molar-refractivity contribution in [1.29, 1.82) is 0 Å². The van der Waals surface area contributed by atoms with E-state index in [4.69, 9.17) is 0 Å². The Morgan fingerprint density at radius 1 is 0.615 bits per heavy atom. The van der Waals surface area contributed by atoms with Gasteiger partial charge in [-0.25, -0.2) is 0 Å². The molecule has 0 radical (unpaired) electrons. The Labute approximate surface area is 159 Å². The summed E-state index contributed by atoms with van der Waals surface area (Å²) in [6, 6.07) is 15.5. The number of anilines is 2. The van der Waals surface area contributed by atoms with Gasteiger partial charge in [-0.15, -0.1) is 0 Å². The molecule has 26 heavy (non-hydrogen) atoms. The van der Waals surface area contributed by atoms with E-state index in [1.54, 1.807) is 0 Å². The lowest BCUT2D eigenvalue weighted by molar-refractivity contribution is 0.813. The molecule has 2 aromatic carbocycles. The molecule has 0 N–H and O–H groups in total. The highest BCUT2D eigenvalue weighted by Gasteiger charge is 2.24. The molecule has 2 heteroatoms. The number of nitrogens with zero attached hydrogens (tertiary/aromatic N) is 2. The summed E-state index contributed by atoms with van der Waals surface area (Å²) in [5.74, 6) is 1.53. The third-order valence-corrected chi connectivity index (χ3v) is 5.23. The fourth-order valence-corrected chi connectivity index (χ4v) is 3.80. The van der Waals surface area contributed by atoms with Crippen LogP contribution in [-0.2, 0) is 0 Å². The molecule has 1 aliphatic rings. The maximum atomic E-state index is 2.42. The van der Waals surface area contributed by atoms with Crippen molar-refractivity contribution in [3.8, 4) is 0 Å². The van der Waals surface area contributed by atoms with E-state index >= 15 is 0 Å². The van der Waals surface area contributed by atoms with Crippen molar-refractivity contribution in [1.82, 2.24) is 0 Å². The Kier molecular flexibility index (Phi) is 5.41. The number of benzene rings is 2. The predicted molar refractivity (Wildman–Crippen MR) is 114 cm³/mol. The van der Waals surface area contributed by atoms with E-state index in [9.17, 15) is 0 Å². The first-order chi connectivity index (χ1) is 12.4. The van der Waals surface area contributed by atoms with Crippen LogP contribution in [0.15, 0.2) is 54.9 Å². The molecule has 0 atom stereocenters. The summed E-state index contributed by atoms with van der Waals surface area (Å²) >= 11 is 0. The topological polar surface area (TPSA) is 6.48 Å². The van der Waals surface area contributed by atoms with Gasteiger partial charge in [0, 0.05) is 23.8 Å². The van der Waals surface area contributed by atoms with Crippen LogP contribution in [0.25, 0.3) is 0 Å². The molecule has 2 nitrogen and oxygen atoms in total. The molecule has 3 rings (SSSR count). The smallest absolute Gasteiger partial charge is 0.0989 e. The van der Waals surface area contributed by atoms with Gasteiger partial charge in [-0.3, -0.25) is 0 Å². The zero-order valence-electron chi connectivity index (χ0n) is 17.0. The van der Waals surface area contributed by atoms with Gasteiger partial charge in [0.15, 0.2) is 0 Å². The lowest BCUT2D eigenvalue weighted by Crippen LogP contribution is -2.27. The van der Waals surface area contributed by atoms with Crippen LogP contribution in [0, 0.1) is 0 Å². The summed E-state index contributed by atoms with van der Waals surface area (Å²) in [6.45, 7) is 14.5. The highest BCUT2D eigenvalue weighted by atomic mass is 15.3. The van der Waals surface area contributed by atoms with Gasteiger partial charge < -0.3 is 9.80 Å². The summed E-state index contributed by atoms with van der Waals surface area (Å²) in [7, 11) is 0. The summed E-state index contributed by atoms with van der Waals surface area (Å²) in [5, 5.41) is 0. The minimum Gasteiger partial charge on any atom is -0.328 e. The van der Waals surface area contributed by atoms with Crippen molar-refractivity contribution >= 4 is 11.4 Å². The van der Waals surface area contributed by atoms with E-state index < -0.39 is 0 Å². The van der Waals surface area contributed by atoms with Crippen LogP contribution in [0.1, 0.15) is 76.0 Å². The summed E-state index contributed by atoms with van der Waals surface area (Å²) in [6.07, 6.45) is 4.46. The van der Waals surface area contributed by atoms with Gasteiger partial charge >= 0.3 is 0 Å². The number of hydrogen-bond acceptors (Lipinski definition) is 2. The van der Waals surface area contributed by atoms with Gasteiger partial charge in [0.1, 0.15) is 0 Å². The molecule has 138 valence electrons. The summed E-state index contributed by atoms with van der Waals surface area (Å²) in [4.78, 5) is 4.79. The Morgan fingerprint density at radius 2 is 1.12 bits per heavy atom. The third kappa shape index (κ3) is 3.51. The third-order valence-electron chi connectivity index (χ3n) is 5.23. The maximum absolute atomic E-state index is 2.42. The maximum Gasteiger partial charge on any atom is 0.0989 e. The van der Waals surface area contributed by atoms with Crippen LogP contribution in [0.3, 0.4) is 0 Å². The number of rotatable bonds is 5. The minimum absolute atomic E-state index is 0.508. The average Bonchev–Trinajstić information content (AvgIpc) is 3.10. The Balaban J connectivity index is 1.97. The van der Waals surface area contributed by atoms with Gasteiger partial charge in [0.05, 0.1) is 6.67 Å². The quantitative estimate of drug-likeness (QED) is 0.585. The molecule has 0 spiro atoms. The van der Waals surface area contributed by atoms with E-state index in [0.29, 0.717) is 17.8 Å². The first kappa shape index (κ1) is 18.6. The molecule has 0 unspecified atom stereocenters. The van der Waals surface area contributed by atoms with Gasteiger partial charge in [-0.1, -0.05) is 77.9 Å². The highest BCUT2D eigenvalue weighted by Crippen LogP contribution is 2.38. The van der Waals surface area contributed by atoms with Gasteiger partial charge in [0.25, 0.3) is 0 Å². The second-order valence-electron chi connectivity index (χ2n) is 8.19. The van der Waals surface area contributed by atoms with Crippen molar-refractivity contribution < 1.29 is 0 Å². The fourth-order valence-electron chi connectivity index (χ4n) is 3.80. The van der Waals surface area contributed by atoms with E-state index in [1.165, 1.54) is 28.1 Å². The molecule has 0 aliphatic carbocycles. The Morgan fingerprint density at radius 3 is 1.69 bits per heavy atom. The number of hydrogen-bond donors (Lipinski definition) is 0. The predicted octanol–water partition coefficient (Wildman–Crippen LogP) is 6.81. The van der Waals surface area contributed by atoms with Crippen molar-refractivity contribution in [3.05, 3.63) is 71.6 Å². The van der Waals surface area contributed by atoms with Gasteiger partial charge in [-0.2, -0.15) is 0 Å². The van der Waals surface area contributed by atoms with Crippen molar-refractivity contribution in [3.63, 3.8) is 0 Å². The lowest BCUT2D eigenvalue weighted by Gasteiger charge is -2.29. The van der Waals surface area contributed by atoms with Crippen LogP contribution in [0.4, 0.5) is 11.4 Å². The fraction of sp³-hybridized carbons (Fsp3) is 0.417. The Bertz CT molecular complexity index is 760. The molecule has 0 amide bonds. The summed E-state index contributed by atoms with van der Waals surface area (Å²) < 4.78 is 0. The van der Waals surface area contributed by atoms with Crippen molar-refractivity contribution in [2.45, 2.75) is 59.3 Å². The molecule has 0 saturated heterocycles. The molecule has 0 bridgehead atoms. The average molecular weight is 349 g/mol. The van der Waals surface area contributed by atoms with E-state index in [2.05, 4.69) is 106 Å². The van der Waals surface area contributed by atoms with E-state index in [-0.39, 0.29) is 0 Å². The summed E-state index contributed by atoms with van der Waals surface area (Å²) in [5.41, 5.74) is 6.97. The SMILES string of the molecule is CC(C)c1ccccc1N1C=CN(c2c(C(C)C)cccc2C(C)C)C1. The minimum atomic E-state index is 0.508. The van der Waals surface area contributed by atoms with Crippen LogP contribution in [0.2, 0.25) is 0 Å². The van der Waals surface area contributed by atoms with E-state index in [0.717, 1.165) is 6.67 Å². The lowest BCUT2D eigenvalue weighted by atomic mass is 9.92. The second-order valence-corrected chi connectivity index (χ2v) is 8.19. The van der Waals surface area contributed by atoms with Crippen LogP contribution in [-0.4, -0.2) is 6.67 Å². The zero-order chi connectivity index (χ0) is 18.8. The molecular weight excluding hydrogens is 316 g/mol. The molecule has 2 aromatic rings. The molecular formula is C24H32N2. The standard InChI is InChI=1S/C24H32N2/c1-17(2)20-10-7-8-13-23(20)25-14-15-26(16-25)24-21(18(3)4)11-9-12-22(24)19(5)6/h7-15,17-19H,16H2,1-6H3. The normalized spacial score (nSPS) is 14.3. The number of para-hydroxylation sites is 2. The van der Waals surface area contributed by atoms with E-state index in [1.807, 2.05) is 0 Å². The van der Waals surface area contributed by atoms with Crippen molar-refractivity contribution in [2.75, 3.05) is 16.5 Å². The van der Waals surface area contributed by atoms with Gasteiger partial charge in [0.2, 0.25) is 0 Å². The Hall–Kier alpha value is -2.22.